The average Bonchev–Trinajstić information content (AvgIpc) is 2.94. The topological polar surface area (TPSA) is 84.7 Å². The molecule has 2 aromatic heterocycles. The molecule has 27 heavy (non-hydrogen) atoms. The summed E-state index contributed by atoms with van der Waals surface area (Å²) in [5.41, 5.74) is 2.66. The molecule has 7 heteroatoms. The Morgan fingerprint density at radius 3 is 2.93 bits per heavy atom. The van der Waals surface area contributed by atoms with Gasteiger partial charge in [-0.05, 0) is 51.1 Å². The molecule has 0 unspecified atom stereocenters. The van der Waals surface area contributed by atoms with Crippen LogP contribution in [0.4, 0.5) is 5.69 Å². The van der Waals surface area contributed by atoms with Gasteiger partial charge in [-0.1, -0.05) is 0 Å². The standard InChI is InChI=1S/C20H20N4O3/c1-12-9-21-17-7-5-14(10-24(12)17)23-18(25)13-4-6-16-15(8-13)19(26)22-11-20(2,3)27-16/h4-10H,11H2,1-3H3,(H,22,26)(H,23,25). The number of rotatable bonds is 2. The summed E-state index contributed by atoms with van der Waals surface area (Å²) in [5, 5.41) is 5.69. The van der Waals surface area contributed by atoms with Crippen LogP contribution < -0.4 is 15.4 Å². The van der Waals surface area contributed by atoms with E-state index in [0.29, 0.717) is 29.1 Å². The maximum atomic E-state index is 12.7. The Balaban J connectivity index is 1.62. The molecule has 138 valence electrons. The SMILES string of the molecule is Cc1cnc2ccc(NC(=O)c3ccc4c(c3)C(=O)NCC(C)(C)O4)cn12. The molecule has 1 aliphatic rings. The maximum Gasteiger partial charge on any atom is 0.255 e. The summed E-state index contributed by atoms with van der Waals surface area (Å²) >= 11 is 0. The molecule has 0 fully saturated rings. The van der Waals surface area contributed by atoms with Crippen LogP contribution in [0, 0.1) is 6.92 Å². The number of nitrogens with one attached hydrogen (secondary N) is 2. The predicted octanol–water partition coefficient (Wildman–Crippen LogP) is 2.80. The Hall–Kier alpha value is -3.35. The van der Waals surface area contributed by atoms with Gasteiger partial charge in [-0.2, -0.15) is 0 Å². The number of carbonyl (C=O) groups is 2. The van der Waals surface area contributed by atoms with Crippen molar-refractivity contribution in [2.24, 2.45) is 0 Å². The summed E-state index contributed by atoms with van der Waals surface area (Å²) in [6.07, 6.45) is 3.59. The first-order chi connectivity index (χ1) is 12.8. The predicted molar refractivity (Wildman–Crippen MR) is 101 cm³/mol. The third-order valence-electron chi connectivity index (χ3n) is 4.50. The summed E-state index contributed by atoms with van der Waals surface area (Å²) in [5.74, 6) is -0.0751. The van der Waals surface area contributed by atoms with Crippen molar-refractivity contribution in [2.45, 2.75) is 26.4 Å². The first-order valence-corrected chi connectivity index (χ1v) is 8.69. The highest BCUT2D eigenvalue weighted by atomic mass is 16.5. The molecule has 2 N–H and O–H groups in total. The van der Waals surface area contributed by atoms with E-state index in [1.165, 1.54) is 0 Å². The van der Waals surface area contributed by atoms with E-state index in [2.05, 4.69) is 15.6 Å². The Bertz CT molecular complexity index is 1070. The van der Waals surface area contributed by atoms with Crippen LogP contribution in [0.3, 0.4) is 0 Å². The van der Waals surface area contributed by atoms with Gasteiger partial charge in [0.1, 0.15) is 17.0 Å². The largest absolute Gasteiger partial charge is 0.485 e. The van der Waals surface area contributed by atoms with E-state index in [4.69, 9.17) is 4.74 Å². The Morgan fingerprint density at radius 1 is 1.30 bits per heavy atom. The zero-order chi connectivity index (χ0) is 19.2. The molecule has 0 saturated heterocycles. The van der Waals surface area contributed by atoms with Gasteiger partial charge in [-0.3, -0.25) is 9.59 Å². The lowest BCUT2D eigenvalue weighted by atomic mass is 10.1. The zero-order valence-corrected chi connectivity index (χ0v) is 15.4. The molecule has 0 radical (unpaired) electrons. The van der Waals surface area contributed by atoms with Crippen LogP contribution in [0.5, 0.6) is 5.75 Å². The van der Waals surface area contributed by atoms with E-state index in [-0.39, 0.29) is 11.8 Å². The number of imidazole rings is 1. The van der Waals surface area contributed by atoms with Crippen molar-refractivity contribution in [1.29, 1.82) is 0 Å². The number of aromatic nitrogens is 2. The first-order valence-electron chi connectivity index (χ1n) is 8.69. The van der Waals surface area contributed by atoms with Crippen molar-refractivity contribution >= 4 is 23.1 Å². The smallest absolute Gasteiger partial charge is 0.255 e. The van der Waals surface area contributed by atoms with E-state index >= 15 is 0 Å². The number of aryl methyl sites for hydroxylation is 1. The molecule has 2 amide bonds. The van der Waals surface area contributed by atoms with Gasteiger partial charge < -0.3 is 19.8 Å². The molecule has 0 saturated carbocycles. The summed E-state index contributed by atoms with van der Waals surface area (Å²) in [6.45, 7) is 6.14. The number of amides is 2. The van der Waals surface area contributed by atoms with Gasteiger partial charge in [0.15, 0.2) is 0 Å². The lowest BCUT2D eigenvalue weighted by molar-refractivity contribution is 0.0907. The van der Waals surface area contributed by atoms with Crippen molar-refractivity contribution in [3.05, 3.63) is 59.5 Å². The second kappa shape index (κ2) is 6.12. The summed E-state index contributed by atoms with van der Waals surface area (Å²) in [4.78, 5) is 29.3. The van der Waals surface area contributed by atoms with Crippen LogP contribution in [0.25, 0.3) is 5.65 Å². The number of hydrogen-bond donors (Lipinski definition) is 2. The monoisotopic (exact) mass is 364 g/mol. The lowest BCUT2D eigenvalue weighted by Gasteiger charge is -2.23. The van der Waals surface area contributed by atoms with E-state index < -0.39 is 5.60 Å². The Kier molecular flexibility index (Phi) is 3.87. The quantitative estimate of drug-likeness (QED) is 0.732. The van der Waals surface area contributed by atoms with Crippen molar-refractivity contribution in [3.63, 3.8) is 0 Å². The molecular formula is C20H20N4O3. The van der Waals surface area contributed by atoms with Crippen molar-refractivity contribution in [3.8, 4) is 5.75 Å². The minimum absolute atomic E-state index is 0.249. The molecule has 3 aromatic rings. The van der Waals surface area contributed by atoms with Gasteiger partial charge in [0.2, 0.25) is 0 Å². The van der Waals surface area contributed by atoms with E-state index in [9.17, 15) is 9.59 Å². The number of ether oxygens (including phenoxy) is 1. The molecule has 1 aromatic carbocycles. The maximum absolute atomic E-state index is 12.7. The second-order valence-corrected chi connectivity index (χ2v) is 7.26. The van der Waals surface area contributed by atoms with Crippen molar-refractivity contribution in [1.82, 2.24) is 14.7 Å². The molecular weight excluding hydrogens is 344 g/mol. The summed E-state index contributed by atoms with van der Waals surface area (Å²) in [6, 6.07) is 8.51. The number of carbonyl (C=O) groups excluding carboxylic acids is 2. The van der Waals surface area contributed by atoms with E-state index in [0.717, 1.165) is 11.3 Å². The van der Waals surface area contributed by atoms with Gasteiger partial charge in [0, 0.05) is 23.7 Å². The van der Waals surface area contributed by atoms with Gasteiger partial charge in [-0.15, -0.1) is 0 Å². The summed E-state index contributed by atoms with van der Waals surface area (Å²) in [7, 11) is 0. The van der Waals surface area contributed by atoms with E-state index in [1.807, 2.05) is 37.4 Å². The molecule has 0 spiro atoms. The number of hydrogen-bond acceptors (Lipinski definition) is 4. The van der Waals surface area contributed by atoms with Gasteiger partial charge >= 0.3 is 0 Å². The molecule has 1 aliphatic heterocycles. The molecule has 0 bridgehead atoms. The number of benzene rings is 1. The summed E-state index contributed by atoms with van der Waals surface area (Å²) < 4.78 is 7.79. The van der Waals surface area contributed by atoms with Crippen LogP contribution in [0.1, 0.15) is 40.3 Å². The molecule has 0 aliphatic carbocycles. The normalized spacial score (nSPS) is 15.4. The molecule has 4 rings (SSSR count). The third-order valence-corrected chi connectivity index (χ3v) is 4.50. The zero-order valence-electron chi connectivity index (χ0n) is 15.4. The van der Waals surface area contributed by atoms with Crippen molar-refractivity contribution in [2.75, 3.05) is 11.9 Å². The number of nitrogens with zero attached hydrogens (tertiary/aromatic N) is 2. The minimum Gasteiger partial charge on any atom is -0.485 e. The van der Waals surface area contributed by atoms with Crippen LogP contribution in [0.15, 0.2) is 42.7 Å². The van der Waals surface area contributed by atoms with Gasteiger partial charge in [0.25, 0.3) is 11.8 Å². The van der Waals surface area contributed by atoms with Crippen LogP contribution in [0.2, 0.25) is 0 Å². The molecule has 7 nitrogen and oxygen atoms in total. The number of anilines is 1. The van der Waals surface area contributed by atoms with Gasteiger partial charge in [0.05, 0.1) is 17.8 Å². The third kappa shape index (κ3) is 3.23. The lowest BCUT2D eigenvalue weighted by Crippen LogP contribution is -2.39. The highest BCUT2D eigenvalue weighted by molar-refractivity contribution is 6.07. The van der Waals surface area contributed by atoms with E-state index in [1.54, 1.807) is 30.5 Å². The van der Waals surface area contributed by atoms with Crippen molar-refractivity contribution < 1.29 is 14.3 Å². The highest BCUT2D eigenvalue weighted by Gasteiger charge is 2.28. The second-order valence-electron chi connectivity index (χ2n) is 7.26. The Morgan fingerprint density at radius 2 is 2.11 bits per heavy atom. The van der Waals surface area contributed by atoms with Gasteiger partial charge in [-0.25, -0.2) is 4.98 Å². The highest BCUT2D eigenvalue weighted by Crippen LogP contribution is 2.27. The fourth-order valence-electron chi connectivity index (χ4n) is 3.04. The molecule has 0 atom stereocenters. The fourth-order valence-corrected chi connectivity index (χ4v) is 3.04. The van der Waals surface area contributed by atoms with Crippen LogP contribution in [-0.4, -0.2) is 33.3 Å². The first kappa shape index (κ1) is 17.1. The number of pyridine rings is 1. The Labute approximate surface area is 156 Å². The van der Waals surface area contributed by atoms with Crippen LogP contribution >= 0.6 is 0 Å². The fraction of sp³-hybridized carbons (Fsp3) is 0.250. The molecule has 3 heterocycles. The number of fused-ring (bicyclic) bond motifs is 2. The average molecular weight is 364 g/mol. The van der Waals surface area contributed by atoms with Crippen LogP contribution in [-0.2, 0) is 0 Å². The minimum atomic E-state index is -0.511.